The number of phenolic OH excluding ortho intramolecular Hbond substituents is 2. The number of hydrogen-bond donors (Lipinski definition) is 3. The lowest BCUT2D eigenvalue weighted by atomic mass is 10.1. The molecule has 0 fully saturated rings. The van der Waals surface area contributed by atoms with Gasteiger partial charge in [0.15, 0.2) is 0 Å². The first-order chi connectivity index (χ1) is 8.68. The van der Waals surface area contributed by atoms with Crippen LogP contribution in [0.4, 0.5) is 0 Å². The Kier molecular flexibility index (Phi) is 3.84. The zero-order valence-corrected chi connectivity index (χ0v) is 10.2. The average molecular weight is 247 g/mol. The van der Waals surface area contributed by atoms with Crippen molar-refractivity contribution in [3.05, 3.63) is 42.2 Å². The van der Waals surface area contributed by atoms with Crippen LogP contribution in [0.2, 0.25) is 0 Å². The Morgan fingerprint density at radius 1 is 1.28 bits per heavy atom. The SMILES string of the molecule is CC(NCCn1cccn1)c1c(O)cccc1O. The van der Waals surface area contributed by atoms with Crippen LogP contribution in [-0.4, -0.2) is 26.5 Å². The lowest BCUT2D eigenvalue weighted by molar-refractivity contribution is 0.414. The molecule has 5 nitrogen and oxygen atoms in total. The minimum atomic E-state index is -0.123. The van der Waals surface area contributed by atoms with Gasteiger partial charge in [-0.2, -0.15) is 5.10 Å². The van der Waals surface area contributed by atoms with Crippen LogP contribution in [0.5, 0.6) is 11.5 Å². The van der Waals surface area contributed by atoms with Crippen molar-refractivity contribution in [2.75, 3.05) is 6.54 Å². The van der Waals surface area contributed by atoms with Gasteiger partial charge < -0.3 is 15.5 Å². The van der Waals surface area contributed by atoms with Gasteiger partial charge in [-0.05, 0) is 25.1 Å². The molecule has 1 unspecified atom stereocenters. The quantitative estimate of drug-likeness (QED) is 0.751. The van der Waals surface area contributed by atoms with Crippen molar-refractivity contribution in [2.45, 2.75) is 19.5 Å². The fourth-order valence-corrected chi connectivity index (χ4v) is 1.92. The topological polar surface area (TPSA) is 70.3 Å². The zero-order chi connectivity index (χ0) is 13.0. The fraction of sp³-hybridized carbons (Fsp3) is 0.308. The number of hydrogen-bond acceptors (Lipinski definition) is 4. The molecule has 5 heteroatoms. The van der Waals surface area contributed by atoms with Crippen LogP contribution in [0.25, 0.3) is 0 Å². The minimum Gasteiger partial charge on any atom is -0.507 e. The normalized spacial score (nSPS) is 12.5. The maximum absolute atomic E-state index is 9.73. The number of aromatic hydroxyl groups is 2. The van der Waals surface area contributed by atoms with E-state index in [0.717, 1.165) is 6.54 Å². The van der Waals surface area contributed by atoms with Crippen LogP contribution >= 0.6 is 0 Å². The largest absolute Gasteiger partial charge is 0.507 e. The van der Waals surface area contributed by atoms with E-state index in [0.29, 0.717) is 12.1 Å². The first kappa shape index (κ1) is 12.4. The Hall–Kier alpha value is -2.01. The van der Waals surface area contributed by atoms with Gasteiger partial charge in [-0.3, -0.25) is 4.68 Å². The number of nitrogens with one attached hydrogen (secondary N) is 1. The summed E-state index contributed by atoms with van der Waals surface area (Å²) in [7, 11) is 0. The van der Waals surface area contributed by atoms with Crippen LogP contribution in [-0.2, 0) is 6.54 Å². The van der Waals surface area contributed by atoms with Crippen LogP contribution in [0, 0.1) is 0 Å². The van der Waals surface area contributed by atoms with Gasteiger partial charge in [0, 0.05) is 25.0 Å². The highest BCUT2D eigenvalue weighted by molar-refractivity contribution is 5.44. The first-order valence-electron chi connectivity index (χ1n) is 5.90. The van der Waals surface area contributed by atoms with Crippen molar-refractivity contribution in [2.24, 2.45) is 0 Å². The second kappa shape index (κ2) is 5.55. The van der Waals surface area contributed by atoms with E-state index in [9.17, 15) is 10.2 Å². The lowest BCUT2D eigenvalue weighted by Crippen LogP contribution is -2.23. The molecule has 2 rings (SSSR count). The molecule has 0 radical (unpaired) electrons. The predicted octanol–water partition coefficient (Wildman–Crippen LogP) is 1.65. The first-order valence-corrected chi connectivity index (χ1v) is 5.90. The highest BCUT2D eigenvalue weighted by Crippen LogP contribution is 2.31. The molecule has 96 valence electrons. The molecule has 0 aliphatic heterocycles. The second-order valence-corrected chi connectivity index (χ2v) is 4.15. The number of rotatable bonds is 5. The average Bonchev–Trinajstić information content (AvgIpc) is 2.82. The molecule has 3 N–H and O–H groups in total. The van der Waals surface area contributed by atoms with E-state index >= 15 is 0 Å². The molecule has 1 aromatic carbocycles. The molecular weight excluding hydrogens is 230 g/mol. The van der Waals surface area contributed by atoms with Crippen LogP contribution in [0.1, 0.15) is 18.5 Å². The van der Waals surface area contributed by atoms with Crippen molar-refractivity contribution >= 4 is 0 Å². The highest BCUT2D eigenvalue weighted by atomic mass is 16.3. The number of aromatic nitrogens is 2. The third-order valence-electron chi connectivity index (χ3n) is 2.84. The van der Waals surface area contributed by atoms with Crippen molar-refractivity contribution in [1.29, 1.82) is 0 Å². The number of phenols is 2. The fourth-order valence-electron chi connectivity index (χ4n) is 1.92. The van der Waals surface area contributed by atoms with E-state index in [-0.39, 0.29) is 17.5 Å². The monoisotopic (exact) mass is 247 g/mol. The van der Waals surface area contributed by atoms with E-state index in [1.807, 2.05) is 23.9 Å². The van der Waals surface area contributed by atoms with Crippen LogP contribution < -0.4 is 5.32 Å². The van der Waals surface area contributed by atoms with E-state index in [1.165, 1.54) is 0 Å². The lowest BCUT2D eigenvalue weighted by Gasteiger charge is -2.16. The van der Waals surface area contributed by atoms with Crippen molar-refractivity contribution < 1.29 is 10.2 Å². The number of benzene rings is 1. The molecule has 0 saturated carbocycles. The summed E-state index contributed by atoms with van der Waals surface area (Å²) >= 11 is 0. The molecule has 0 saturated heterocycles. The third kappa shape index (κ3) is 2.81. The summed E-state index contributed by atoms with van der Waals surface area (Å²) in [5.41, 5.74) is 0.526. The molecule has 1 aromatic heterocycles. The van der Waals surface area contributed by atoms with E-state index in [1.54, 1.807) is 24.4 Å². The molecular formula is C13H17N3O2. The Morgan fingerprint density at radius 2 is 2.00 bits per heavy atom. The molecule has 0 spiro atoms. The Balaban J connectivity index is 1.93. The molecule has 0 amide bonds. The van der Waals surface area contributed by atoms with Gasteiger partial charge in [-0.25, -0.2) is 0 Å². The van der Waals surface area contributed by atoms with Gasteiger partial charge in [-0.1, -0.05) is 6.07 Å². The Labute approximate surface area is 106 Å². The van der Waals surface area contributed by atoms with Gasteiger partial charge in [0.05, 0.1) is 12.1 Å². The molecule has 0 aliphatic rings. The van der Waals surface area contributed by atoms with Gasteiger partial charge in [0.1, 0.15) is 11.5 Å². The number of nitrogens with zero attached hydrogens (tertiary/aromatic N) is 2. The predicted molar refractivity (Wildman–Crippen MR) is 68.4 cm³/mol. The smallest absolute Gasteiger partial charge is 0.124 e. The maximum Gasteiger partial charge on any atom is 0.124 e. The molecule has 1 heterocycles. The third-order valence-corrected chi connectivity index (χ3v) is 2.84. The van der Waals surface area contributed by atoms with Crippen molar-refractivity contribution in [3.8, 4) is 11.5 Å². The molecule has 0 aliphatic carbocycles. The molecule has 1 atom stereocenters. The second-order valence-electron chi connectivity index (χ2n) is 4.15. The zero-order valence-electron chi connectivity index (χ0n) is 10.2. The van der Waals surface area contributed by atoms with E-state index in [2.05, 4.69) is 10.4 Å². The van der Waals surface area contributed by atoms with Crippen molar-refractivity contribution in [3.63, 3.8) is 0 Å². The van der Waals surface area contributed by atoms with E-state index in [4.69, 9.17) is 0 Å². The standard InChI is InChI=1S/C13H17N3O2/c1-10(13-11(17)4-2-5-12(13)18)14-7-9-16-8-3-6-15-16/h2-6,8,10,14,17-18H,7,9H2,1H3. The minimum absolute atomic E-state index is 0.106. The molecule has 2 aromatic rings. The molecule has 0 bridgehead atoms. The van der Waals surface area contributed by atoms with Gasteiger partial charge in [0.2, 0.25) is 0 Å². The van der Waals surface area contributed by atoms with Crippen LogP contribution in [0.15, 0.2) is 36.7 Å². The summed E-state index contributed by atoms with van der Waals surface area (Å²) < 4.78 is 1.82. The highest BCUT2D eigenvalue weighted by Gasteiger charge is 2.13. The Morgan fingerprint density at radius 3 is 2.61 bits per heavy atom. The summed E-state index contributed by atoms with van der Waals surface area (Å²) in [6.07, 6.45) is 3.63. The molecule has 18 heavy (non-hydrogen) atoms. The maximum atomic E-state index is 9.73. The summed E-state index contributed by atoms with van der Waals surface area (Å²) in [6, 6.07) is 6.51. The Bertz CT molecular complexity index is 477. The van der Waals surface area contributed by atoms with Crippen LogP contribution in [0.3, 0.4) is 0 Å². The summed E-state index contributed by atoms with van der Waals surface area (Å²) in [5, 5.41) is 26.8. The van der Waals surface area contributed by atoms with Crippen molar-refractivity contribution in [1.82, 2.24) is 15.1 Å². The van der Waals surface area contributed by atoms with E-state index < -0.39 is 0 Å². The van der Waals surface area contributed by atoms with Gasteiger partial charge in [0.25, 0.3) is 0 Å². The van der Waals surface area contributed by atoms with Gasteiger partial charge in [-0.15, -0.1) is 0 Å². The summed E-state index contributed by atoms with van der Waals surface area (Å²) in [6.45, 7) is 3.35. The summed E-state index contributed by atoms with van der Waals surface area (Å²) in [4.78, 5) is 0. The van der Waals surface area contributed by atoms with Gasteiger partial charge >= 0.3 is 0 Å². The summed E-state index contributed by atoms with van der Waals surface area (Å²) in [5.74, 6) is 0.211.